The van der Waals surface area contributed by atoms with Gasteiger partial charge in [-0.1, -0.05) is 41.1 Å². The van der Waals surface area contributed by atoms with Crippen LogP contribution in [0.4, 0.5) is 0 Å². The van der Waals surface area contributed by atoms with E-state index in [4.69, 9.17) is 11.6 Å². The van der Waals surface area contributed by atoms with Gasteiger partial charge in [0.05, 0.1) is 4.53 Å². The van der Waals surface area contributed by atoms with E-state index in [1.54, 1.807) is 12.1 Å². The molecular weight excluding hydrogens is 258 g/mol. The van der Waals surface area contributed by atoms with Crippen molar-refractivity contribution in [2.45, 2.75) is 0 Å². The molecule has 0 spiro atoms. The zero-order valence-electron chi connectivity index (χ0n) is 8.50. The molecule has 0 saturated heterocycles. The van der Waals surface area contributed by atoms with Crippen molar-refractivity contribution in [3.05, 3.63) is 56.1 Å². The van der Waals surface area contributed by atoms with Crippen LogP contribution in [0.2, 0.25) is 5.02 Å². The molecule has 6 heteroatoms. The number of hydrogen-bond acceptors (Lipinski definition) is 4. The zero-order chi connectivity index (χ0) is 11.8. The molecule has 0 saturated carbocycles. The number of halogens is 1. The van der Waals surface area contributed by atoms with Crippen molar-refractivity contribution < 1.29 is 0 Å². The Morgan fingerprint density at radius 1 is 1.35 bits per heavy atom. The summed E-state index contributed by atoms with van der Waals surface area (Å²) in [6.45, 7) is 0. The first-order chi connectivity index (χ1) is 8.25. The van der Waals surface area contributed by atoms with Crippen LogP contribution in [0.5, 0.6) is 0 Å². The van der Waals surface area contributed by atoms with Crippen LogP contribution in [0.1, 0.15) is 5.56 Å². The number of fused-ring (bicyclic) bond motifs is 1. The Balaban J connectivity index is 2.28. The van der Waals surface area contributed by atoms with Crippen molar-refractivity contribution in [2.24, 2.45) is 0 Å². The number of aromatic nitrogens is 3. The predicted molar refractivity (Wildman–Crippen MR) is 67.4 cm³/mol. The second-order valence-electron chi connectivity index (χ2n) is 3.42. The van der Waals surface area contributed by atoms with Gasteiger partial charge in [-0.2, -0.15) is 0 Å². The lowest BCUT2D eigenvalue weighted by Gasteiger charge is -1.94. The molecule has 0 fully saturated rings. The number of nitrogens with zero attached hydrogens (tertiary/aromatic N) is 3. The van der Waals surface area contributed by atoms with Gasteiger partial charge in [-0.25, -0.2) is 4.40 Å². The molecule has 0 atom stereocenters. The van der Waals surface area contributed by atoms with E-state index in [1.165, 1.54) is 22.1 Å². The van der Waals surface area contributed by atoms with Gasteiger partial charge in [0, 0.05) is 5.02 Å². The summed E-state index contributed by atoms with van der Waals surface area (Å²) in [4.78, 5) is 12.5. The summed E-state index contributed by atoms with van der Waals surface area (Å²) in [5.74, 6) is 0. The van der Waals surface area contributed by atoms with Crippen molar-refractivity contribution in [2.75, 3.05) is 0 Å². The van der Waals surface area contributed by atoms with Gasteiger partial charge in [0.2, 0.25) is 4.96 Å². The Kier molecular flexibility index (Phi) is 2.42. The molecule has 3 aromatic rings. The summed E-state index contributed by atoms with van der Waals surface area (Å²) in [5.41, 5.74) is 0.707. The van der Waals surface area contributed by atoms with Gasteiger partial charge in [0.1, 0.15) is 6.33 Å². The highest BCUT2D eigenvalue weighted by molar-refractivity contribution is 7.15. The maximum absolute atomic E-state index is 11.9. The highest BCUT2D eigenvalue weighted by atomic mass is 35.5. The molecule has 0 bridgehead atoms. The van der Waals surface area contributed by atoms with Crippen molar-refractivity contribution >= 4 is 34.0 Å². The van der Waals surface area contributed by atoms with Crippen molar-refractivity contribution in [3.63, 3.8) is 0 Å². The third-order valence-electron chi connectivity index (χ3n) is 2.34. The van der Waals surface area contributed by atoms with Gasteiger partial charge in [-0.15, -0.1) is 10.2 Å². The Bertz CT molecular complexity index is 793. The summed E-state index contributed by atoms with van der Waals surface area (Å²) >= 11 is 7.33. The van der Waals surface area contributed by atoms with E-state index in [9.17, 15) is 4.79 Å². The van der Waals surface area contributed by atoms with Gasteiger partial charge in [0.25, 0.3) is 5.56 Å². The van der Waals surface area contributed by atoms with Crippen LogP contribution in [0.15, 0.2) is 35.4 Å². The smallest absolute Gasteiger partial charge is 0.267 e. The quantitative estimate of drug-likeness (QED) is 0.666. The summed E-state index contributed by atoms with van der Waals surface area (Å²) in [5, 5.41) is 8.14. The van der Waals surface area contributed by atoms with Crippen molar-refractivity contribution in [3.8, 4) is 0 Å². The standard InChI is InChI=1S/C11H6ClN3OS/c12-8-4-2-1-3-7(8)5-9-10(16)15-6-13-14-11(15)17-9/h1-6H/b9-5-. The number of hydrogen-bond donors (Lipinski definition) is 0. The molecule has 0 aliphatic rings. The molecule has 2 aromatic heterocycles. The fourth-order valence-electron chi connectivity index (χ4n) is 1.52. The van der Waals surface area contributed by atoms with Crippen LogP contribution in [-0.4, -0.2) is 14.6 Å². The molecule has 84 valence electrons. The molecule has 17 heavy (non-hydrogen) atoms. The van der Waals surface area contributed by atoms with Crippen LogP contribution < -0.4 is 10.1 Å². The Labute approximate surface area is 105 Å². The summed E-state index contributed by atoms with van der Waals surface area (Å²) in [7, 11) is 0. The lowest BCUT2D eigenvalue weighted by atomic mass is 10.2. The largest absolute Gasteiger partial charge is 0.275 e. The maximum Gasteiger partial charge on any atom is 0.275 e. The first-order valence-corrected chi connectivity index (χ1v) is 6.04. The average molecular weight is 264 g/mol. The van der Waals surface area contributed by atoms with Gasteiger partial charge in [-0.05, 0) is 17.7 Å². The first kappa shape index (κ1) is 10.4. The van der Waals surface area contributed by atoms with Gasteiger partial charge in [0.15, 0.2) is 0 Å². The molecule has 1 aromatic carbocycles. The van der Waals surface area contributed by atoms with Gasteiger partial charge in [-0.3, -0.25) is 4.79 Å². The van der Waals surface area contributed by atoms with Crippen LogP contribution in [0, 0.1) is 0 Å². The third kappa shape index (κ3) is 1.73. The molecule has 0 aliphatic heterocycles. The number of thiazole rings is 1. The lowest BCUT2D eigenvalue weighted by Crippen LogP contribution is -2.22. The summed E-state index contributed by atoms with van der Waals surface area (Å²) in [6, 6.07) is 7.38. The average Bonchev–Trinajstić information content (AvgIpc) is 2.87. The van der Waals surface area contributed by atoms with E-state index in [1.807, 2.05) is 18.2 Å². The SMILES string of the molecule is O=c1/c(=C/c2ccccc2Cl)sc2nncn12. The molecule has 0 radical (unpaired) electrons. The Morgan fingerprint density at radius 3 is 2.94 bits per heavy atom. The molecule has 0 N–H and O–H groups in total. The second kappa shape index (κ2) is 3.94. The minimum absolute atomic E-state index is 0.116. The van der Waals surface area contributed by atoms with Crippen molar-refractivity contribution in [1.82, 2.24) is 14.6 Å². The zero-order valence-corrected chi connectivity index (χ0v) is 10.1. The molecule has 0 aliphatic carbocycles. The minimum Gasteiger partial charge on any atom is -0.267 e. The van der Waals surface area contributed by atoms with E-state index >= 15 is 0 Å². The maximum atomic E-state index is 11.9. The van der Waals surface area contributed by atoms with E-state index in [-0.39, 0.29) is 5.56 Å². The molecule has 0 amide bonds. The molecule has 0 unspecified atom stereocenters. The monoisotopic (exact) mass is 263 g/mol. The number of benzene rings is 1. The van der Waals surface area contributed by atoms with Crippen LogP contribution in [-0.2, 0) is 0 Å². The predicted octanol–water partition coefficient (Wildman–Crippen LogP) is 1.35. The first-order valence-electron chi connectivity index (χ1n) is 4.84. The topological polar surface area (TPSA) is 47.3 Å². The highest BCUT2D eigenvalue weighted by Crippen LogP contribution is 2.15. The van der Waals surface area contributed by atoms with E-state index < -0.39 is 0 Å². The fourth-order valence-corrected chi connectivity index (χ4v) is 2.59. The second-order valence-corrected chi connectivity index (χ2v) is 4.84. The minimum atomic E-state index is -0.116. The van der Waals surface area contributed by atoms with Crippen LogP contribution in [0.3, 0.4) is 0 Å². The van der Waals surface area contributed by atoms with E-state index in [0.29, 0.717) is 14.5 Å². The molecule has 2 heterocycles. The lowest BCUT2D eigenvalue weighted by molar-refractivity contribution is 1.08. The van der Waals surface area contributed by atoms with E-state index in [0.717, 1.165) is 5.56 Å². The molecule has 4 nitrogen and oxygen atoms in total. The summed E-state index contributed by atoms with van der Waals surface area (Å²) < 4.78 is 2.02. The van der Waals surface area contributed by atoms with Crippen LogP contribution >= 0.6 is 22.9 Å². The normalized spacial score (nSPS) is 12.4. The fraction of sp³-hybridized carbons (Fsp3) is 0. The van der Waals surface area contributed by atoms with Gasteiger partial charge < -0.3 is 0 Å². The van der Waals surface area contributed by atoms with Crippen LogP contribution in [0.25, 0.3) is 11.0 Å². The molecular formula is C11H6ClN3OS. The Morgan fingerprint density at radius 2 is 2.18 bits per heavy atom. The highest BCUT2D eigenvalue weighted by Gasteiger charge is 2.05. The van der Waals surface area contributed by atoms with Crippen molar-refractivity contribution in [1.29, 1.82) is 0 Å². The molecule has 3 rings (SSSR count). The number of rotatable bonds is 1. The Hall–Kier alpha value is -1.72. The summed E-state index contributed by atoms with van der Waals surface area (Å²) in [6.07, 6.45) is 3.18. The van der Waals surface area contributed by atoms with Gasteiger partial charge >= 0.3 is 0 Å². The third-order valence-corrected chi connectivity index (χ3v) is 3.66. The van der Waals surface area contributed by atoms with E-state index in [2.05, 4.69) is 10.2 Å².